The first kappa shape index (κ1) is 18.6. The Bertz CT molecular complexity index is 1540. The van der Waals surface area contributed by atoms with Gasteiger partial charge in [0.2, 0.25) is 0 Å². The van der Waals surface area contributed by atoms with E-state index in [1.54, 1.807) is 0 Å². The Labute approximate surface area is 186 Å². The van der Waals surface area contributed by atoms with Crippen LogP contribution in [0.15, 0.2) is 97.1 Å². The molecule has 2 aromatic heterocycles. The molecule has 0 fully saturated rings. The van der Waals surface area contributed by atoms with Gasteiger partial charge in [-0.3, -0.25) is 4.57 Å². The van der Waals surface area contributed by atoms with Gasteiger partial charge in [-0.2, -0.15) is 0 Å². The summed E-state index contributed by atoms with van der Waals surface area (Å²) in [5.41, 5.74) is 6.91. The fourth-order valence-electron chi connectivity index (χ4n) is 4.66. The molecule has 4 heteroatoms. The zero-order chi connectivity index (χ0) is 21.7. The topological polar surface area (TPSA) is 35.6 Å². The highest BCUT2D eigenvalue weighted by Crippen LogP contribution is 2.34. The molecule has 0 aliphatic rings. The van der Waals surface area contributed by atoms with E-state index in [1.165, 1.54) is 33.1 Å². The van der Waals surface area contributed by atoms with Crippen molar-refractivity contribution in [1.29, 1.82) is 0 Å². The molecule has 6 rings (SSSR count). The van der Waals surface area contributed by atoms with E-state index >= 15 is 0 Å². The molecule has 2 heterocycles. The van der Waals surface area contributed by atoms with Gasteiger partial charge in [-0.25, -0.2) is 0 Å². The highest BCUT2D eigenvalue weighted by Gasteiger charge is 2.16. The van der Waals surface area contributed by atoms with Gasteiger partial charge in [-0.15, -0.1) is 10.2 Å². The fourth-order valence-corrected chi connectivity index (χ4v) is 4.66. The summed E-state index contributed by atoms with van der Waals surface area (Å²) in [5, 5.41) is 11.4. The summed E-state index contributed by atoms with van der Waals surface area (Å²) < 4.78 is 4.46. The smallest absolute Gasteiger partial charge is 0.168 e. The quantitative estimate of drug-likeness (QED) is 0.325. The predicted molar refractivity (Wildman–Crippen MR) is 131 cm³/mol. The molecule has 0 radical (unpaired) electrons. The van der Waals surface area contributed by atoms with E-state index in [4.69, 9.17) is 0 Å². The third kappa shape index (κ3) is 2.77. The van der Waals surface area contributed by atoms with Crippen molar-refractivity contribution in [2.75, 3.05) is 0 Å². The fraction of sp³-hybridized carbons (Fsp3) is 0.0714. The molecule has 6 aromatic rings. The molecule has 0 bridgehead atoms. The molecule has 0 spiro atoms. The van der Waals surface area contributed by atoms with E-state index < -0.39 is 0 Å². The summed E-state index contributed by atoms with van der Waals surface area (Å²) >= 11 is 0. The van der Waals surface area contributed by atoms with Crippen LogP contribution in [-0.2, 0) is 0 Å². The van der Waals surface area contributed by atoms with E-state index in [9.17, 15) is 0 Å². The van der Waals surface area contributed by atoms with Gasteiger partial charge in [0.05, 0.1) is 11.0 Å². The van der Waals surface area contributed by atoms with Crippen molar-refractivity contribution >= 4 is 21.8 Å². The van der Waals surface area contributed by atoms with Crippen molar-refractivity contribution in [2.45, 2.75) is 13.8 Å². The van der Waals surface area contributed by atoms with Crippen molar-refractivity contribution < 1.29 is 0 Å². The van der Waals surface area contributed by atoms with Crippen LogP contribution in [0, 0.1) is 13.8 Å². The van der Waals surface area contributed by atoms with E-state index in [0.29, 0.717) is 0 Å². The van der Waals surface area contributed by atoms with Crippen molar-refractivity contribution in [1.82, 2.24) is 19.3 Å². The minimum atomic E-state index is 0.852. The Morgan fingerprint density at radius 3 is 1.88 bits per heavy atom. The zero-order valence-corrected chi connectivity index (χ0v) is 18.0. The SMILES string of the molecule is Cc1cc(-c2nnc(C)n2-c2ccccc2)ccc1-n1c2ccccc2c2ccccc21. The lowest BCUT2D eigenvalue weighted by Crippen LogP contribution is -2.01. The summed E-state index contributed by atoms with van der Waals surface area (Å²) in [7, 11) is 0. The van der Waals surface area contributed by atoms with Gasteiger partial charge >= 0.3 is 0 Å². The lowest BCUT2D eigenvalue weighted by molar-refractivity contribution is 0.972. The van der Waals surface area contributed by atoms with E-state index in [-0.39, 0.29) is 0 Å². The number of rotatable bonds is 3. The molecule has 4 nitrogen and oxygen atoms in total. The minimum Gasteiger partial charge on any atom is -0.309 e. The van der Waals surface area contributed by atoms with Gasteiger partial charge < -0.3 is 4.57 Å². The largest absolute Gasteiger partial charge is 0.309 e. The first-order chi connectivity index (χ1) is 15.7. The summed E-state index contributed by atoms with van der Waals surface area (Å²) in [5.74, 6) is 1.72. The lowest BCUT2D eigenvalue weighted by atomic mass is 10.1. The number of para-hydroxylation sites is 3. The standard InChI is InChI=1S/C28H22N4/c1-19-18-21(28-30-29-20(2)31(28)22-10-4-3-5-11-22)16-17-25(19)32-26-14-8-6-12-23(26)24-13-7-9-15-27(24)32/h3-18H,1-2H3. The third-order valence-electron chi connectivity index (χ3n) is 6.12. The molecule has 0 aliphatic carbocycles. The normalized spacial score (nSPS) is 11.4. The molecule has 0 amide bonds. The van der Waals surface area contributed by atoms with E-state index in [0.717, 1.165) is 22.9 Å². The maximum Gasteiger partial charge on any atom is 0.168 e. The van der Waals surface area contributed by atoms with Crippen LogP contribution < -0.4 is 0 Å². The Morgan fingerprint density at radius 2 is 1.22 bits per heavy atom. The summed E-state index contributed by atoms with van der Waals surface area (Å²) in [6, 6.07) is 34.0. The average molecular weight is 415 g/mol. The molecule has 0 aliphatic heterocycles. The summed E-state index contributed by atoms with van der Waals surface area (Å²) in [6.07, 6.45) is 0. The van der Waals surface area contributed by atoms with Crippen LogP contribution in [0.2, 0.25) is 0 Å². The molecular formula is C28H22N4. The Hall–Kier alpha value is -4.18. The summed E-state index contributed by atoms with van der Waals surface area (Å²) in [4.78, 5) is 0. The molecular weight excluding hydrogens is 392 g/mol. The van der Waals surface area contributed by atoms with Gasteiger partial charge in [0, 0.05) is 27.7 Å². The van der Waals surface area contributed by atoms with E-state index in [2.05, 4.69) is 105 Å². The van der Waals surface area contributed by atoms with Gasteiger partial charge in [-0.05, 0) is 61.9 Å². The van der Waals surface area contributed by atoms with Crippen LogP contribution >= 0.6 is 0 Å². The Kier molecular flexibility index (Phi) is 4.18. The molecule has 0 atom stereocenters. The van der Waals surface area contributed by atoms with Crippen molar-refractivity contribution in [3.63, 3.8) is 0 Å². The van der Waals surface area contributed by atoms with Gasteiger partial charge in [0.1, 0.15) is 5.82 Å². The first-order valence-corrected chi connectivity index (χ1v) is 10.8. The molecule has 0 unspecified atom stereocenters. The third-order valence-corrected chi connectivity index (χ3v) is 6.12. The molecule has 154 valence electrons. The first-order valence-electron chi connectivity index (χ1n) is 10.8. The molecule has 32 heavy (non-hydrogen) atoms. The number of hydrogen-bond donors (Lipinski definition) is 0. The molecule has 4 aromatic carbocycles. The van der Waals surface area contributed by atoms with Gasteiger partial charge in [-0.1, -0.05) is 54.6 Å². The van der Waals surface area contributed by atoms with Crippen LogP contribution in [0.5, 0.6) is 0 Å². The van der Waals surface area contributed by atoms with Crippen LogP contribution in [0.3, 0.4) is 0 Å². The Balaban J connectivity index is 1.54. The van der Waals surface area contributed by atoms with Gasteiger partial charge in [0.15, 0.2) is 5.82 Å². The molecule has 0 saturated carbocycles. The van der Waals surface area contributed by atoms with Crippen molar-refractivity contribution in [2.24, 2.45) is 0 Å². The Morgan fingerprint density at radius 1 is 0.594 bits per heavy atom. The zero-order valence-electron chi connectivity index (χ0n) is 18.0. The number of benzene rings is 4. The van der Waals surface area contributed by atoms with Crippen LogP contribution in [0.25, 0.3) is 44.6 Å². The number of aryl methyl sites for hydroxylation is 2. The maximum atomic E-state index is 4.50. The lowest BCUT2D eigenvalue weighted by Gasteiger charge is -2.14. The average Bonchev–Trinajstić information content (AvgIpc) is 3.38. The highest BCUT2D eigenvalue weighted by molar-refractivity contribution is 6.09. The number of aromatic nitrogens is 4. The van der Waals surface area contributed by atoms with E-state index in [1.807, 2.05) is 25.1 Å². The maximum absolute atomic E-state index is 4.50. The predicted octanol–water partition coefficient (Wildman–Crippen LogP) is 6.65. The number of fused-ring (bicyclic) bond motifs is 3. The summed E-state index contributed by atoms with van der Waals surface area (Å²) in [6.45, 7) is 4.15. The number of hydrogen-bond acceptors (Lipinski definition) is 2. The molecule has 0 N–H and O–H groups in total. The van der Waals surface area contributed by atoms with Crippen LogP contribution in [0.1, 0.15) is 11.4 Å². The molecule has 0 saturated heterocycles. The number of nitrogens with zero attached hydrogens (tertiary/aromatic N) is 4. The van der Waals surface area contributed by atoms with Crippen molar-refractivity contribution in [3.05, 3.63) is 108 Å². The second-order valence-electron chi connectivity index (χ2n) is 8.11. The second kappa shape index (κ2) is 7.20. The minimum absolute atomic E-state index is 0.852. The van der Waals surface area contributed by atoms with Crippen LogP contribution in [0.4, 0.5) is 0 Å². The highest BCUT2D eigenvalue weighted by atomic mass is 15.3. The second-order valence-corrected chi connectivity index (χ2v) is 8.11. The monoisotopic (exact) mass is 414 g/mol. The van der Waals surface area contributed by atoms with Gasteiger partial charge in [0.25, 0.3) is 0 Å². The van der Waals surface area contributed by atoms with Crippen molar-refractivity contribution in [3.8, 4) is 22.8 Å². The van der Waals surface area contributed by atoms with Crippen LogP contribution in [-0.4, -0.2) is 19.3 Å².